The van der Waals surface area contributed by atoms with Crippen molar-refractivity contribution >= 4 is 23.5 Å². The SMILES string of the molecule is CSC1(CNC(=O)C(Cc2ccccc2)/C(N)=N/O)CC1. The molecule has 21 heavy (non-hydrogen) atoms. The van der Waals surface area contributed by atoms with Gasteiger partial charge in [0.05, 0.1) is 0 Å². The van der Waals surface area contributed by atoms with E-state index < -0.39 is 5.92 Å². The third-order valence-corrected chi connectivity index (χ3v) is 5.32. The van der Waals surface area contributed by atoms with E-state index in [4.69, 9.17) is 10.9 Å². The number of oxime groups is 1. The first kappa shape index (κ1) is 15.7. The summed E-state index contributed by atoms with van der Waals surface area (Å²) in [5.41, 5.74) is 6.67. The number of thioether (sulfide) groups is 1. The van der Waals surface area contributed by atoms with Gasteiger partial charge in [0.1, 0.15) is 5.92 Å². The first-order valence-corrected chi connectivity index (χ1v) is 8.17. The molecule has 0 aromatic heterocycles. The standard InChI is InChI=1S/C15H21N3O2S/c1-21-15(7-8-15)10-17-14(19)12(13(16)18-20)9-11-5-3-2-4-6-11/h2-6,12,20H,7-10H2,1H3,(H2,16,18)(H,17,19). The maximum atomic E-state index is 12.3. The fourth-order valence-electron chi connectivity index (χ4n) is 2.21. The first-order valence-electron chi connectivity index (χ1n) is 6.94. The monoisotopic (exact) mass is 307 g/mol. The Morgan fingerprint density at radius 1 is 1.48 bits per heavy atom. The van der Waals surface area contributed by atoms with Gasteiger partial charge in [-0.15, -0.1) is 0 Å². The highest BCUT2D eigenvalue weighted by atomic mass is 32.2. The normalized spacial score (nSPS) is 18.0. The molecule has 1 atom stereocenters. The molecule has 6 heteroatoms. The van der Waals surface area contributed by atoms with Crippen LogP contribution in [0.1, 0.15) is 18.4 Å². The number of amidine groups is 1. The number of benzene rings is 1. The molecule has 0 saturated heterocycles. The van der Waals surface area contributed by atoms with E-state index >= 15 is 0 Å². The molecule has 114 valence electrons. The van der Waals surface area contributed by atoms with E-state index in [1.165, 1.54) is 0 Å². The van der Waals surface area contributed by atoms with Crippen LogP contribution in [0.3, 0.4) is 0 Å². The van der Waals surface area contributed by atoms with Gasteiger partial charge in [-0.2, -0.15) is 11.8 Å². The van der Waals surface area contributed by atoms with E-state index in [-0.39, 0.29) is 16.5 Å². The molecule has 0 spiro atoms. The van der Waals surface area contributed by atoms with Crippen LogP contribution in [0.5, 0.6) is 0 Å². The van der Waals surface area contributed by atoms with Crippen molar-refractivity contribution in [3.05, 3.63) is 35.9 Å². The fraction of sp³-hybridized carbons (Fsp3) is 0.467. The molecule has 5 nitrogen and oxygen atoms in total. The summed E-state index contributed by atoms with van der Waals surface area (Å²) in [4.78, 5) is 12.3. The van der Waals surface area contributed by atoms with Crippen LogP contribution in [0.4, 0.5) is 0 Å². The largest absolute Gasteiger partial charge is 0.409 e. The summed E-state index contributed by atoms with van der Waals surface area (Å²) in [7, 11) is 0. The van der Waals surface area contributed by atoms with Gasteiger partial charge in [-0.05, 0) is 31.1 Å². The summed E-state index contributed by atoms with van der Waals surface area (Å²) in [6, 6.07) is 9.58. The summed E-state index contributed by atoms with van der Waals surface area (Å²) in [6.07, 6.45) is 4.74. The van der Waals surface area contributed by atoms with Gasteiger partial charge in [0, 0.05) is 11.3 Å². The molecular formula is C15H21N3O2S. The van der Waals surface area contributed by atoms with Crippen molar-refractivity contribution in [2.45, 2.75) is 24.0 Å². The summed E-state index contributed by atoms with van der Waals surface area (Å²) < 4.78 is 0.193. The lowest BCUT2D eigenvalue weighted by Crippen LogP contribution is -2.42. The van der Waals surface area contributed by atoms with Gasteiger partial charge in [0.2, 0.25) is 5.91 Å². The molecule has 1 aromatic carbocycles. The average Bonchev–Trinajstić information content (AvgIpc) is 3.31. The topological polar surface area (TPSA) is 87.7 Å². The van der Waals surface area contributed by atoms with Crippen molar-refractivity contribution < 1.29 is 10.0 Å². The van der Waals surface area contributed by atoms with Gasteiger partial charge < -0.3 is 16.3 Å². The number of carbonyl (C=O) groups excluding carboxylic acids is 1. The van der Waals surface area contributed by atoms with Crippen LogP contribution >= 0.6 is 11.8 Å². The Morgan fingerprint density at radius 2 is 2.14 bits per heavy atom. The predicted octanol–water partition coefficient (Wildman–Crippen LogP) is 1.60. The number of carbonyl (C=O) groups is 1. The highest BCUT2D eigenvalue weighted by Crippen LogP contribution is 2.46. The van der Waals surface area contributed by atoms with Gasteiger partial charge >= 0.3 is 0 Å². The summed E-state index contributed by atoms with van der Waals surface area (Å²) in [6.45, 7) is 0.636. The number of nitrogens with one attached hydrogen (secondary N) is 1. The third kappa shape index (κ3) is 4.14. The van der Waals surface area contributed by atoms with E-state index in [1.807, 2.05) is 30.3 Å². The smallest absolute Gasteiger partial charge is 0.231 e. The van der Waals surface area contributed by atoms with Gasteiger partial charge in [0.25, 0.3) is 0 Å². The Kier molecular flexibility index (Phi) is 5.12. The summed E-state index contributed by atoms with van der Waals surface area (Å²) >= 11 is 1.78. The van der Waals surface area contributed by atoms with Gasteiger partial charge in [-0.25, -0.2) is 0 Å². The molecule has 1 aromatic rings. The van der Waals surface area contributed by atoms with E-state index in [2.05, 4.69) is 16.7 Å². The second-order valence-corrected chi connectivity index (χ2v) is 6.65. The maximum Gasteiger partial charge on any atom is 0.231 e. The number of rotatable bonds is 7. The number of hydrogen-bond donors (Lipinski definition) is 3. The van der Waals surface area contributed by atoms with E-state index in [0.29, 0.717) is 13.0 Å². The van der Waals surface area contributed by atoms with Crippen LogP contribution in [0.15, 0.2) is 35.5 Å². The zero-order chi connectivity index (χ0) is 15.3. The molecule has 1 aliphatic rings. The molecule has 0 bridgehead atoms. The minimum Gasteiger partial charge on any atom is -0.409 e. The van der Waals surface area contributed by atoms with Gasteiger partial charge in [-0.1, -0.05) is 35.5 Å². The molecule has 1 amide bonds. The van der Waals surface area contributed by atoms with Crippen LogP contribution in [-0.2, 0) is 11.2 Å². The van der Waals surface area contributed by atoms with Gasteiger partial charge in [0.15, 0.2) is 5.84 Å². The Bertz CT molecular complexity index is 515. The lowest BCUT2D eigenvalue weighted by atomic mass is 9.97. The molecule has 2 rings (SSSR count). The van der Waals surface area contributed by atoms with Crippen LogP contribution in [0, 0.1) is 5.92 Å². The molecule has 1 aliphatic carbocycles. The van der Waals surface area contributed by atoms with E-state index in [9.17, 15) is 4.79 Å². The Balaban J connectivity index is 2.00. The van der Waals surface area contributed by atoms with E-state index in [0.717, 1.165) is 18.4 Å². The number of amides is 1. The average molecular weight is 307 g/mol. The van der Waals surface area contributed by atoms with Gasteiger partial charge in [-0.3, -0.25) is 4.79 Å². The van der Waals surface area contributed by atoms with Crippen molar-refractivity contribution in [3.63, 3.8) is 0 Å². The Morgan fingerprint density at radius 3 is 2.67 bits per heavy atom. The second-order valence-electron chi connectivity index (χ2n) is 5.37. The predicted molar refractivity (Wildman–Crippen MR) is 85.5 cm³/mol. The van der Waals surface area contributed by atoms with Crippen molar-refractivity contribution in [2.75, 3.05) is 12.8 Å². The molecule has 4 N–H and O–H groups in total. The van der Waals surface area contributed by atoms with Crippen molar-refractivity contribution in [3.8, 4) is 0 Å². The third-order valence-electron chi connectivity index (χ3n) is 3.90. The number of nitrogens with two attached hydrogens (primary N) is 1. The lowest BCUT2D eigenvalue weighted by Gasteiger charge is -2.18. The molecular weight excluding hydrogens is 286 g/mol. The van der Waals surface area contributed by atoms with Crippen LogP contribution in [0.2, 0.25) is 0 Å². The summed E-state index contributed by atoms with van der Waals surface area (Å²) in [5.74, 6) is -0.880. The van der Waals surface area contributed by atoms with Crippen molar-refractivity contribution in [2.24, 2.45) is 16.8 Å². The lowest BCUT2D eigenvalue weighted by molar-refractivity contribution is -0.123. The molecule has 0 radical (unpaired) electrons. The van der Waals surface area contributed by atoms with E-state index in [1.54, 1.807) is 11.8 Å². The Labute approximate surface area is 129 Å². The second kappa shape index (κ2) is 6.85. The van der Waals surface area contributed by atoms with Crippen LogP contribution < -0.4 is 11.1 Å². The zero-order valence-corrected chi connectivity index (χ0v) is 12.9. The number of nitrogens with zero attached hydrogens (tertiary/aromatic N) is 1. The fourth-order valence-corrected chi connectivity index (χ4v) is 2.94. The molecule has 1 unspecified atom stereocenters. The minimum atomic E-state index is -0.643. The highest BCUT2D eigenvalue weighted by Gasteiger charge is 2.42. The molecule has 0 aliphatic heterocycles. The maximum absolute atomic E-state index is 12.3. The minimum absolute atomic E-state index is 0.0506. The quantitative estimate of drug-likeness (QED) is 0.309. The van der Waals surface area contributed by atoms with Crippen molar-refractivity contribution in [1.82, 2.24) is 5.32 Å². The first-order chi connectivity index (χ1) is 10.1. The zero-order valence-electron chi connectivity index (χ0n) is 12.1. The van der Waals surface area contributed by atoms with Crippen molar-refractivity contribution in [1.29, 1.82) is 0 Å². The summed E-state index contributed by atoms with van der Waals surface area (Å²) in [5, 5.41) is 14.9. The highest BCUT2D eigenvalue weighted by molar-refractivity contribution is 8.00. The number of hydrogen-bond acceptors (Lipinski definition) is 4. The Hall–Kier alpha value is -1.69. The molecule has 0 heterocycles. The molecule has 1 saturated carbocycles. The molecule has 1 fully saturated rings. The van der Waals surface area contributed by atoms with Crippen LogP contribution in [0.25, 0.3) is 0 Å². The van der Waals surface area contributed by atoms with Crippen LogP contribution in [-0.4, -0.2) is 34.5 Å².